The minimum atomic E-state index is 0.838. The molecule has 0 aliphatic rings. The zero-order chi connectivity index (χ0) is 15.4. The first-order valence-electron chi connectivity index (χ1n) is 7.11. The molecule has 0 radical (unpaired) electrons. The van der Waals surface area contributed by atoms with Gasteiger partial charge in [-0.2, -0.15) is 5.10 Å². The van der Waals surface area contributed by atoms with Gasteiger partial charge in [-0.3, -0.25) is 5.43 Å². The van der Waals surface area contributed by atoms with Gasteiger partial charge >= 0.3 is 0 Å². The number of aryl methyl sites for hydroxylation is 2. The lowest BCUT2D eigenvalue weighted by Crippen LogP contribution is -1.90. The lowest BCUT2D eigenvalue weighted by atomic mass is 10.0. The molecular formula is C18H17N3O. The van der Waals surface area contributed by atoms with Gasteiger partial charge < -0.3 is 4.52 Å². The number of para-hydroxylation sites is 1. The highest BCUT2D eigenvalue weighted by atomic mass is 16.5. The second kappa shape index (κ2) is 6.26. The fourth-order valence-corrected chi connectivity index (χ4v) is 2.33. The summed E-state index contributed by atoms with van der Waals surface area (Å²) in [5.74, 6) is 0.838. The van der Waals surface area contributed by atoms with Crippen LogP contribution < -0.4 is 5.43 Å². The van der Waals surface area contributed by atoms with Crippen molar-refractivity contribution in [2.24, 2.45) is 5.10 Å². The first-order chi connectivity index (χ1) is 10.7. The number of nitrogens with zero attached hydrogens (tertiary/aromatic N) is 2. The second-order valence-electron chi connectivity index (χ2n) is 5.06. The number of aromatic nitrogens is 1. The van der Waals surface area contributed by atoms with Gasteiger partial charge in [0.05, 0.1) is 17.6 Å². The van der Waals surface area contributed by atoms with Crippen LogP contribution in [-0.2, 0) is 0 Å². The van der Waals surface area contributed by atoms with Crippen LogP contribution >= 0.6 is 0 Å². The summed E-state index contributed by atoms with van der Waals surface area (Å²) in [7, 11) is 0. The minimum Gasteiger partial charge on any atom is -0.361 e. The molecule has 4 nitrogen and oxygen atoms in total. The smallest absolute Gasteiger partial charge is 0.141 e. The molecule has 1 heterocycles. The van der Waals surface area contributed by atoms with Gasteiger partial charge in [0.2, 0.25) is 0 Å². The van der Waals surface area contributed by atoms with Gasteiger partial charge in [-0.15, -0.1) is 0 Å². The molecule has 0 bridgehead atoms. The minimum absolute atomic E-state index is 0.838. The lowest BCUT2D eigenvalue weighted by molar-refractivity contribution is 0.393. The van der Waals surface area contributed by atoms with Gasteiger partial charge in [0, 0.05) is 5.56 Å². The van der Waals surface area contributed by atoms with Gasteiger partial charge in [-0.25, -0.2) is 0 Å². The molecule has 1 aromatic heterocycles. The summed E-state index contributed by atoms with van der Waals surface area (Å²) in [4.78, 5) is 0. The Morgan fingerprint density at radius 1 is 1.00 bits per heavy atom. The van der Waals surface area contributed by atoms with Crippen LogP contribution in [0.3, 0.4) is 0 Å². The number of hydrogen-bond donors (Lipinski definition) is 1. The SMILES string of the molecule is Cc1noc(C)c1-c1ccc(C=NNc2ccccc2)cc1. The summed E-state index contributed by atoms with van der Waals surface area (Å²) >= 11 is 0. The Labute approximate surface area is 129 Å². The van der Waals surface area contributed by atoms with Crippen LogP contribution in [0.1, 0.15) is 17.0 Å². The maximum absolute atomic E-state index is 5.21. The largest absolute Gasteiger partial charge is 0.361 e. The molecular weight excluding hydrogens is 274 g/mol. The second-order valence-corrected chi connectivity index (χ2v) is 5.06. The maximum Gasteiger partial charge on any atom is 0.141 e. The van der Waals surface area contributed by atoms with Crippen LogP contribution in [0.15, 0.2) is 64.2 Å². The third kappa shape index (κ3) is 3.06. The van der Waals surface area contributed by atoms with E-state index in [1.807, 2.05) is 56.3 Å². The quantitative estimate of drug-likeness (QED) is 0.572. The van der Waals surface area contributed by atoms with Crippen molar-refractivity contribution in [3.8, 4) is 11.1 Å². The van der Waals surface area contributed by atoms with Crippen molar-refractivity contribution in [1.29, 1.82) is 0 Å². The molecule has 0 fully saturated rings. The highest BCUT2D eigenvalue weighted by Gasteiger charge is 2.10. The van der Waals surface area contributed by atoms with Gasteiger partial charge in [0.15, 0.2) is 0 Å². The zero-order valence-electron chi connectivity index (χ0n) is 12.6. The molecule has 4 heteroatoms. The molecule has 0 aliphatic heterocycles. The van der Waals surface area contributed by atoms with Gasteiger partial charge in [-0.1, -0.05) is 47.6 Å². The van der Waals surface area contributed by atoms with Crippen molar-refractivity contribution >= 4 is 11.9 Å². The topological polar surface area (TPSA) is 50.4 Å². The van der Waals surface area contributed by atoms with Gasteiger partial charge in [0.25, 0.3) is 0 Å². The molecule has 22 heavy (non-hydrogen) atoms. The predicted molar refractivity (Wildman–Crippen MR) is 89.1 cm³/mol. The Morgan fingerprint density at radius 3 is 2.36 bits per heavy atom. The van der Waals surface area contributed by atoms with Crippen LogP contribution in [0.2, 0.25) is 0 Å². The van der Waals surface area contributed by atoms with Crippen LogP contribution in [0.4, 0.5) is 5.69 Å². The van der Waals surface area contributed by atoms with Crippen molar-refractivity contribution in [2.75, 3.05) is 5.43 Å². The summed E-state index contributed by atoms with van der Waals surface area (Å²) in [5, 5.41) is 8.22. The standard InChI is InChI=1S/C18H17N3O/c1-13-18(14(2)22-21-13)16-10-8-15(9-11-16)12-19-20-17-6-4-3-5-7-17/h3-12,20H,1-2H3. The molecule has 0 saturated heterocycles. The fourth-order valence-electron chi connectivity index (χ4n) is 2.33. The van der Waals surface area contributed by atoms with Crippen LogP contribution in [0.5, 0.6) is 0 Å². The van der Waals surface area contributed by atoms with Gasteiger partial charge in [0.1, 0.15) is 5.76 Å². The molecule has 0 atom stereocenters. The lowest BCUT2D eigenvalue weighted by Gasteiger charge is -2.01. The molecule has 3 rings (SSSR count). The van der Waals surface area contributed by atoms with Crippen LogP contribution in [0, 0.1) is 13.8 Å². The molecule has 0 saturated carbocycles. The Morgan fingerprint density at radius 2 is 1.73 bits per heavy atom. The van der Waals surface area contributed by atoms with E-state index in [1.54, 1.807) is 6.21 Å². The molecule has 0 unspecified atom stereocenters. The van der Waals surface area contributed by atoms with E-state index < -0.39 is 0 Å². The Balaban J connectivity index is 1.72. The molecule has 1 N–H and O–H groups in total. The molecule has 3 aromatic rings. The van der Waals surface area contributed by atoms with E-state index in [9.17, 15) is 0 Å². The van der Waals surface area contributed by atoms with Crippen molar-refractivity contribution < 1.29 is 4.52 Å². The zero-order valence-corrected chi connectivity index (χ0v) is 12.6. The molecule has 0 aliphatic carbocycles. The molecule has 2 aromatic carbocycles. The molecule has 0 spiro atoms. The van der Waals surface area contributed by atoms with E-state index in [4.69, 9.17) is 4.52 Å². The van der Waals surface area contributed by atoms with Crippen LogP contribution in [-0.4, -0.2) is 11.4 Å². The third-order valence-electron chi connectivity index (χ3n) is 3.41. The molecule has 110 valence electrons. The predicted octanol–water partition coefficient (Wildman–Crippen LogP) is 4.40. The number of rotatable bonds is 4. The summed E-state index contributed by atoms with van der Waals surface area (Å²) in [5.41, 5.74) is 8.06. The molecule has 0 amide bonds. The van der Waals surface area contributed by atoms with E-state index in [0.29, 0.717) is 0 Å². The van der Waals surface area contributed by atoms with E-state index in [-0.39, 0.29) is 0 Å². The average Bonchev–Trinajstić information content (AvgIpc) is 2.88. The number of benzene rings is 2. The maximum atomic E-state index is 5.21. The van der Waals surface area contributed by atoms with E-state index in [0.717, 1.165) is 33.8 Å². The van der Waals surface area contributed by atoms with Crippen LogP contribution in [0.25, 0.3) is 11.1 Å². The van der Waals surface area contributed by atoms with E-state index in [1.165, 1.54) is 0 Å². The Bertz CT molecular complexity index is 754. The van der Waals surface area contributed by atoms with Crippen molar-refractivity contribution in [2.45, 2.75) is 13.8 Å². The highest BCUT2D eigenvalue weighted by Crippen LogP contribution is 2.26. The number of anilines is 1. The normalized spacial score (nSPS) is 11.0. The first-order valence-corrected chi connectivity index (χ1v) is 7.11. The van der Waals surface area contributed by atoms with E-state index >= 15 is 0 Å². The van der Waals surface area contributed by atoms with Crippen molar-refractivity contribution in [3.63, 3.8) is 0 Å². The average molecular weight is 291 g/mol. The van der Waals surface area contributed by atoms with Crippen molar-refractivity contribution in [1.82, 2.24) is 5.16 Å². The Kier molecular flexibility index (Phi) is 4.01. The highest BCUT2D eigenvalue weighted by molar-refractivity contribution is 5.81. The number of nitrogens with one attached hydrogen (secondary N) is 1. The number of hydrogen-bond acceptors (Lipinski definition) is 4. The third-order valence-corrected chi connectivity index (χ3v) is 3.41. The summed E-state index contributed by atoms with van der Waals surface area (Å²) in [6.45, 7) is 3.87. The van der Waals surface area contributed by atoms with Gasteiger partial charge in [-0.05, 0) is 37.1 Å². The Hall–Kier alpha value is -2.88. The summed E-state index contributed by atoms with van der Waals surface area (Å²) < 4.78 is 5.21. The summed E-state index contributed by atoms with van der Waals surface area (Å²) in [6.07, 6.45) is 1.80. The summed E-state index contributed by atoms with van der Waals surface area (Å²) in [6, 6.07) is 18.0. The van der Waals surface area contributed by atoms with Crippen molar-refractivity contribution in [3.05, 3.63) is 71.6 Å². The first kappa shape index (κ1) is 14.1. The monoisotopic (exact) mass is 291 g/mol. The number of hydrazone groups is 1. The van der Waals surface area contributed by atoms with E-state index in [2.05, 4.69) is 27.8 Å². The fraction of sp³-hybridized carbons (Fsp3) is 0.111.